The molecule has 1 saturated heterocycles. The summed E-state index contributed by atoms with van der Waals surface area (Å²) in [5.74, 6) is -0.159. The molecule has 2 heterocycles. The summed E-state index contributed by atoms with van der Waals surface area (Å²) in [6.45, 7) is 7.92. The zero-order chi connectivity index (χ0) is 19.6. The number of hydrogen-bond donors (Lipinski definition) is 2. The number of carbonyl (C=O) groups is 1. The third kappa shape index (κ3) is 4.56. The highest BCUT2D eigenvalue weighted by Crippen LogP contribution is 2.46. The maximum absolute atomic E-state index is 12.0. The molecule has 0 radical (unpaired) electrons. The van der Waals surface area contributed by atoms with Crippen molar-refractivity contribution in [3.05, 3.63) is 23.8 Å². The number of rotatable bonds is 2. The first-order chi connectivity index (χ1) is 12.0. The zero-order valence-electron chi connectivity index (χ0n) is 16.7. The van der Waals surface area contributed by atoms with E-state index in [-0.39, 0.29) is 11.9 Å². The van der Waals surface area contributed by atoms with Crippen LogP contribution in [0.4, 0.5) is 0 Å². The summed E-state index contributed by atoms with van der Waals surface area (Å²) in [5, 5.41) is 21.5. The summed E-state index contributed by atoms with van der Waals surface area (Å²) >= 11 is 0. The Balaban J connectivity index is 2.36. The zero-order valence-corrected chi connectivity index (χ0v) is 16.7. The molecular weight excluding hydrogens is 332 g/mol. The van der Waals surface area contributed by atoms with Crippen LogP contribution in [0.25, 0.3) is 0 Å². The number of aliphatic hydroxyl groups excluding tert-OH is 1. The fourth-order valence-electron chi connectivity index (χ4n) is 3.89. The van der Waals surface area contributed by atoms with E-state index in [0.717, 1.165) is 12.8 Å². The first-order valence-corrected chi connectivity index (χ1v) is 9.62. The number of allylic oxidation sites excluding steroid dienone is 1. The number of ether oxygens (including phenoxy) is 2. The molecule has 0 aromatic rings. The minimum absolute atomic E-state index is 0.220. The Bertz CT molecular complexity index is 577. The predicted octanol–water partition coefficient (Wildman–Crippen LogP) is 3.29. The van der Waals surface area contributed by atoms with Gasteiger partial charge in [0, 0.05) is 5.57 Å². The lowest BCUT2D eigenvalue weighted by atomic mass is 9.83. The molecule has 5 nitrogen and oxygen atoms in total. The van der Waals surface area contributed by atoms with E-state index in [1.807, 2.05) is 25.2 Å². The van der Waals surface area contributed by atoms with Gasteiger partial charge in [0.2, 0.25) is 0 Å². The van der Waals surface area contributed by atoms with E-state index in [2.05, 4.69) is 13.8 Å². The molecule has 0 amide bonds. The van der Waals surface area contributed by atoms with E-state index in [9.17, 15) is 15.0 Å². The highest BCUT2D eigenvalue weighted by atomic mass is 16.5. The summed E-state index contributed by atoms with van der Waals surface area (Å²) in [4.78, 5) is 12.0. The molecule has 5 heteroatoms. The molecule has 2 aliphatic rings. The lowest BCUT2D eigenvalue weighted by Crippen LogP contribution is -2.44. The second-order valence-electron chi connectivity index (χ2n) is 8.53. The average Bonchev–Trinajstić information content (AvgIpc) is 2.94. The molecule has 0 aromatic carbocycles. The Morgan fingerprint density at radius 3 is 2.58 bits per heavy atom. The SMILES string of the molecule is COC(=O)C1=CCCC(C)(O)C=CC2(C(C)C)CCC(C)(O2)C(O)CC1. The third-order valence-electron chi connectivity index (χ3n) is 6.02. The van der Waals surface area contributed by atoms with Crippen LogP contribution in [0.15, 0.2) is 23.8 Å². The van der Waals surface area contributed by atoms with E-state index in [1.54, 1.807) is 6.92 Å². The number of fused-ring (bicyclic) bond motifs is 2. The van der Waals surface area contributed by atoms with Crippen molar-refractivity contribution < 1.29 is 24.5 Å². The highest BCUT2D eigenvalue weighted by molar-refractivity contribution is 5.88. The molecule has 1 fully saturated rings. The van der Waals surface area contributed by atoms with Crippen molar-refractivity contribution in [3.8, 4) is 0 Å². The van der Waals surface area contributed by atoms with Gasteiger partial charge in [0.15, 0.2) is 0 Å². The molecule has 4 unspecified atom stereocenters. The van der Waals surface area contributed by atoms with Gasteiger partial charge in [0.1, 0.15) is 0 Å². The number of aliphatic hydroxyl groups is 2. The van der Waals surface area contributed by atoms with Crippen LogP contribution in [0.1, 0.15) is 66.2 Å². The smallest absolute Gasteiger partial charge is 0.333 e. The molecule has 0 aliphatic carbocycles. The normalized spacial score (nSPS) is 38.9. The third-order valence-corrected chi connectivity index (χ3v) is 6.02. The molecule has 148 valence electrons. The van der Waals surface area contributed by atoms with Crippen LogP contribution in [0, 0.1) is 5.92 Å². The van der Waals surface area contributed by atoms with Crippen LogP contribution < -0.4 is 0 Å². The van der Waals surface area contributed by atoms with Gasteiger partial charge < -0.3 is 19.7 Å². The Kier molecular flexibility index (Phi) is 6.36. The largest absolute Gasteiger partial charge is 0.466 e. The van der Waals surface area contributed by atoms with Crippen molar-refractivity contribution in [2.24, 2.45) is 5.92 Å². The first kappa shape index (κ1) is 21.1. The predicted molar refractivity (Wildman–Crippen MR) is 101 cm³/mol. The van der Waals surface area contributed by atoms with E-state index >= 15 is 0 Å². The van der Waals surface area contributed by atoms with Crippen LogP contribution in [-0.4, -0.2) is 46.2 Å². The van der Waals surface area contributed by atoms with Gasteiger partial charge >= 0.3 is 5.97 Å². The number of carbonyl (C=O) groups excluding carboxylic acids is 1. The lowest BCUT2D eigenvalue weighted by molar-refractivity contribution is -0.146. The summed E-state index contributed by atoms with van der Waals surface area (Å²) in [7, 11) is 1.36. The standard InChI is InChI=1S/C21H34O5/c1-15(2)21-13-11-19(3,24)10-6-7-16(18(23)25-5)8-9-17(22)20(4,26-21)12-14-21/h7,11,13,15,17,22,24H,6,8-10,12,14H2,1-5H3. The summed E-state index contributed by atoms with van der Waals surface area (Å²) in [5.41, 5.74) is -1.61. The van der Waals surface area contributed by atoms with Gasteiger partial charge in [-0.15, -0.1) is 0 Å². The van der Waals surface area contributed by atoms with Crippen LogP contribution >= 0.6 is 0 Å². The van der Waals surface area contributed by atoms with E-state index in [1.165, 1.54) is 7.11 Å². The molecule has 2 aliphatic heterocycles. The van der Waals surface area contributed by atoms with Crippen molar-refractivity contribution >= 4 is 5.97 Å². The first-order valence-electron chi connectivity index (χ1n) is 9.62. The van der Waals surface area contributed by atoms with Gasteiger partial charge in [0.25, 0.3) is 0 Å². The summed E-state index contributed by atoms with van der Waals surface area (Å²) < 4.78 is 11.3. The fraction of sp³-hybridized carbons (Fsp3) is 0.762. The summed E-state index contributed by atoms with van der Waals surface area (Å²) in [6, 6.07) is 0. The lowest BCUT2D eigenvalue weighted by Gasteiger charge is -2.37. The maximum Gasteiger partial charge on any atom is 0.333 e. The second-order valence-corrected chi connectivity index (χ2v) is 8.53. The van der Waals surface area contributed by atoms with Crippen LogP contribution in [0.3, 0.4) is 0 Å². The van der Waals surface area contributed by atoms with Gasteiger partial charge in [0.05, 0.1) is 30.0 Å². The van der Waals surface area contributed by atoms with Crippen LogP contribution in [-0.2, 0) is 14.3 Å². The number of esters is 1. The van der Waals surface area contributed by atoms with E-state index < -0.39 is 22.9 Å². The molecule has 26 heavy (non-hydrogen) atoms. The fourth-order valence-corrected chi connectivity index (χ4v) is 3.89. The Hall–Kier alpha value is -1.17. The molecule has 2 N–H and O–H groups in total. The van der Waals surface area contributed by atoms with Gasteiger partial charge in [-0.3, -0.25) is 0 Å². The van der Waals surface area contributed by atoms with Crippen LogP contribution in [0.5, 0.6) is 0 Å². The van der Waals surface area contributed by atoms with Gasteiger partial charge in [-0.2, -0.15) is 0 Å². The Morgan fingerprint density at radius 1 is 1.27 bits per heavy atom. The minimum atomic E-state index is -0.991. The van der Waals surface area contributed by atoms with Crippen molar-refractivity contribution in [2.75, 3.05) is 7.11 Å². The number of hydrogen-bond acceptors (Lipinski definition) is 5. The second kappa shape index (κ2) is 7.83. The molecule has 0 spiro atoms. The molecule has 4 atom stereocenters. The average molecular weight is 366 g/mol. The van der Waals surface area contributed by atoms with E-state index in [4.69, 9.17) is 9.47 Å². The molecule has 0 saturated carbocycles. The van der Waals surface area contributed by atoms with Gasteiger partial charge in [-0.05, 0) is 58.3 Å². The topological polar surface area (TPSA) is 76.0 Å². The molecular formula is C21H34O5. The van der Waals surface area contributed by atoms with Crippen molar-refractivity contribution in [2.45, 2.75) is 89.1 Å². The Labute approximate surface area is 157 Å². The quantitative estimate of drug-likeness (QED) is 0.579. The molecule has 2 rings (SSSR count). The Morgan fingerprint density at radius 2 is 1.96 bits per heavy atom. The monoisotopic (exact) mass is 366 g/mol. The van der Waals surface area contributed by atoms with Crippen molar-refractivity contribution in [3.63, 3.8) is 0 Å². The van der Waals surface area contributed by atoms with Gasteiger partial charge in [-0.25, -0.2) is 4.79 Å². The maximum atomic E-state index is 12.0. The van der Waals surface area contributed by atoms with Crippen molar-refractivity contribution in [1.82, 2.24) is 0 Å². The summed E-state index contributed by atoms with van der Waals surface area (Å²) in [6.07, 6.45) is 8.39. The molecule has 0 aromatic heterocycles. The molecule has 2 bridgehead atoms. The minimum Gasteiger partial charge on any atom is -0.466 e. The van der Waals surface area contributed by atoms with Crippen LogP contribution in [0.2, 0.25) is 0 Å². The van der Waals surface area contributed by atoms with Crippen molar-refractivity contribution in [1.29, 1.82) is 0 Å². The highest BCUT2D eigenvalue weighted by Gasteiger charge is 2.50. The van der Waals surface area contributed by atoms with Gasteiger partial charge in [-0.1, -0.05) is 32.1 Å². The van der Waals surface area contributed by atoms with E-state index in [0.29, 0.717) is 31.3 Å². The number of methoxy groups -OCH3 is 1.